The highest BCUT2D eigenvalue weighted by atomic mass is 32.1. The van der Waals surface area contributed by atoms with Crippen LogP contribution >= 0.6 is 23.6 Å². The number of thiazole rings is 1. The average molecular weight is 326 g/mol. The zero-order valence-corrected chi connectivity index (χ0v) is 14.2. The summed E-state index contributed by atoms with van der Waals surface area (Å²) in [4.78, 5) is 21.3. The number of aryl methyl sites for hydroxylation is 1. The molecule has 1 unspecified atom stereocenters. The van der Waals surface area contributed by atoms with Gasteiger partial charge in [0.05, 0.1) is 16.0 Å². The highest BCUT2D eigenvalue weighted by Crippen LogP contribution is 2.15. The molecule has 0 saturated carbocycles. The Morgan fingerprint density at radius 1 is 1.48 bits per heavy atom. The molecule has 1 atom stereocenters. The average Bonchev–Trinajstić information content (AvgIpc) is 2.90. The third kappa shape index (κ3) is 3.99. The van der Waals surface area contributed by atoms with Crippen molar-refractivity contribution >= 4 is 34.5 Å². The largest absolute Gasteiger partial charge is 0.392 e. The van der Waals surface area contributed by atoms with Crippen molar-refractivity contribution in [3.8, 4) is 0 Å². The Hall–Kier alpha value is -1.05. The molecule has 0 aromatic carbocycles. The summed E-state index contributed by atoms with van der Waals surface area (Å²) in [5.41, 5.74) is 6.40. The van der Waals surface area contributed by atoms with Crippen molar-refractivity contribution in [2.24, 2.45) is 5.73 Å². The summed E-state index contributed by atoms with van der Waals surface area (Å²) in [6, 6.07) is 0.156. The Balaban J connectivity index is 1.93. The number of rotatable bonds is 5. The second kappa shape index (κ2) is 7.29. The molecular weight excluding hydrogens is 304 g/mol. The lowest BCUT2D eigenvalue weighted by Crippen LogP contribution is -2.54. The SMILES string of the molecule is CCCC(C(N)=S)N1CCN(C(=O)c2csc(C)n2)CC1. The van der Waals surface area contributed by atoms with Crippen LogP contribution in [0.3, 0.4) is 0 Å². The maximum absolute atomic E-state index is 12.4. The molecule has 1 aromatic heterocycles. The maximum Gasteiger partial charge on any atom is 0.273 e. The maximum atomic E-state index is 12.4. The van der Waals surface area contributed by atoms with Crippen molar-refractivity contribution in [2.45, 2.75) is 32.7 Å². The van der Waals surface area contributed by atoms with Crippen molar-refractivity contribution in [3.05, 3.63) is 16.1 Å². The van der Waals surface area contributed by atoms with E-state index in [1.807, 2.05) is 17.2 Å². The zero-order valence-electron chi connectivity index (χ0n) is 12.5. The molecule has 2 N–H and O–H groups in total. The van der Waals surface area contributed by atoms with Gasteiger partial charge in [0.25, 0.3) is 5.91 Å². The number of aromatic nitrogens is 1. The lowest BCUT2D eigenvalue weighted by Gasteiger charge is -2.38. The van der Waals surface area contributed by atoms with E-state index in [1.165, 1.54) is 11.3 Å². The van der Waals surface area contributed by atoms with Crippen molar-refractivity contribution in [1.82, 2.24) is 14.8 Å². The first-order valence-electron chi connectivity index (χ1n) is 7.27. The van der Waals surface area contributed by atoms with Crippen LogP contribution in [0.25, 0.3) is 0 Å². The molecule has 2 heterocycles. The Morgan fingerprint density at radius 3 is 2.62 bits per heavy atom. The number of amides is 1. The molecule has 0 spiro atoms. The molecule has 0 aliphatic carbocycles. The van der Waals surface area contributed by atoms with Gasteiger partial charge in [-0.05, 0) is 13.3 Å². The minimum absolute atomic E-state index is 0.0290. The molecule has 0 radical (unpaired) electrons. The molecule has 1 saturated heterocycles. The van der Waals surface area contributed by atoms with E-state index in [2.05, 4.69) is 16.8 Å². The minimum Gasteiger partial charge on any atom is -0.392 e. The molecule has 1 aromatic rings. The van der Waals surface area contributed by atoms with E-state index < -0.39 is 0 Å². The van der Waals surface area contributed by atoms with Crippen LogP contribution in [-0.2, 0) is 0 Å². The van der Waals surface area contributed by atoms with Gasteiger partial charge in [0.1, 0.15) is 5.69 Å². The van der Waals surface area contributed by atoms with Gasteiger partial charge in [-0.2, -0.15) is 0 Å². The summed E-state index contributed by atoms with van der Waals surface area (Å²) in [7, 11) is 0. The van der Waals surface area contributed by atoms with E-state index in [-0.39, 0.29) is 11.9 Å². The molecule has 2 rings (SSSR count). The first-order valence-corrected chi connectivity index (χ1v) is 8.56. The van der Waals surface area contributed by atoms with E-state index >= 15 is 0 Å². The quantitative estimate of drug-likeness (QED) is 0.834. The van der Waals surface area contributed by atoms with E-state index in [4.69, 9.17) is 18.0 Å². The molecule has 7 heteroatoms. The lowest BCUT2D eigenvalue weighted by atomic mass is 10.1. The van der Waals surface area contributed by atoms with E-state index in [0.29, 0.717) is 23.8 Å². The highest BCUT2D eigenvalue weighted by Gasteiger charge is 2.28. The first kappa shape index (κ1) is 16.3. The molecule has 1 aliphatic heterocycles. The summed E-state index contributed by atoms with van der Waals surface area (Å²) in [5.74, 6) is 0.0290. The number of hydrogen-bond acceptors (Lipinski definition) is 5. The second-order valence-electron chi connectivity index (χ2n) is 5.29. The Morgan fingerprint density at radius 2 is 2.14 bits per heavy atom. The third-order valence-electron chi connectivity index (χ3n) is 3.77. The zero-order chi connectivity index (χ0) is 15.4. The van der Waals surface area contributed by atoms with Gasteiger partial charge in [0.2, 0.25) is 0 Å². The van der Waals surface area contributed by atoms with Gasteiger partial charge in [0.15, 0.2) is 0 Å². The van der Waals surface area contributed by atoms with Crippen LogP contribution in [0, 0.1) is 6.92 Å². The normalized spacial score (nSPS) is 17.7. The number of hydrogen-bond donors (Lipinski definition) is 1. The van der Waals surface area contributed by atoms with Crippen LogP contribution < -0.4 is 5.73 Å². The van der Waals surface area contributed by atoms with Crippen molar-refractivity contribution in [2.75, 3.05) is 26.2 Å². The van der Waals surface area contributed by atoms with Crippen molar-refractivity contribution in [1.29, 1.82) is 0 Å². The van der Waals surface area contributed by atoms with E-state index in [9.17, 15) is 4.79 Å². The summed E-state index contributed by atoms with van der Waals surface area (Å²) in [6.07, 6.45) is 2.04. The first-order chi connectivity index (χ1) is 10.0. The van der Waals surface area contributed by atoms with Gasteiger partial charge in [-0.1, -0.05) is 25.6 Å². The molecule has 1 fully saturated rings. The fourth-order valence-corrected chi connectivity index (χ4v) is 3.49. The number of thiocarbonyl (C=S) groups is 1. The third-order valence-corrected chi connectivity index (χ3v) is 4.82. The van der Waals surface area contributed by atoms with Gasteiger partial charge in [-0.25, -0.2) is 4.98 Å². The molecule has 1 amide bonds. The van der Waals surface area contributed by atoms with Crippen LogP contribution in [-0.4, -0.2) is 57.9 Å². The molecule has 5 nitrogen and oxygen atoms in total. The number of nitrogens with zero attached hydrogens (tertiary/aromatic N) is 3. The van der Waals surface area contributed by atoms with E-state index in [0.717, 1.165) is 30.9 Å². The fraction of sp³-hybridized carbons (Fsp3) is 0.643. The minimum atomic E-state index is 0.0290. The predicted octanol–water partition coefficient (Wildman–Crippen LogP) is 1.66. The number of piperazine rings is 1. The summed E-state index contributed by atoms with van der Waals surface area (Å²) >= 11 is 6.68. The van der Waals surface area contributed by atoms with Gasteiger partial charge in [0, 0.05) is 31.6 Å². The Bertz CT molecular complexity index is 509. The fourth-order valence-electron chi connectivity index (χ4n) is 2.64. The van der Waals surface area contributed by atoms with Gasteiger partial charge in [-0.3, -0.25) is 9.69 Å². The summed E-state index contributed by atoms with van der Waals surface area (Å²) in [5, 5.41) is 2.76. The number of carbonyl (C=O) groups excluding carboxylic acids is 1. The number of nitrogens with two attached hydrogens (primary N) is 1. The van der Waals surface area contributed by atoms with Gasteiger partial charge < -0.3 is 10.6 Å². The molecule has 1 aliphatic rings. The topological polar surface area (TPSA) is 62.5 Å². The molecule has 0 bridgehead atoms. The molecular formula is C14H22N4OS2. The summed E-state index contributed by atoms with van der Waals surface area (Å²) < 4.78 is 0. The van der Waals surface area contributed by atoms with E-state index in [1.54, 1.807) is 0 Å². The number of carbonyl (C=O) groups is 1. The Labute approximate surface area is 135 Å². The monoisotopic (exact) mass is 326 g/mol. The molecule has 116 valence electrons. The molecule has 21 heavy (non-hydrogen) atoms. The second-order valence-corrected chi connectivity index (χ2v) is 6.82. The van der Waals surface area contributed by atoms with Crippen LogP contribution in [0.4, 0.5) is 0 Å². The van der Waals surface area contributed by atoms with Crippen LogP contribution in [0.1, 0.15) is 35.3 Å². The lowest BCUT2D eigenvalue weighted by molar-refractivity contribution is 0.0604. The highest BCUT2D eigenvalue weighted by molar-refractivity contribution is 7.80. The van der Waals surface area contributed by atoms with Crippen molar-refractivity contribution in [3.63, 3.8) is 0 Å². The Kier molecular flexibility index (Phi) is 5.66. The van der Waals surface area contributed by atoms with Gasteiger partial charge in [-0.15, -0.1) is 11.3 Å². The van der Waals surface area contributed by atoms with Crippen LogP contribution in [0.2, 0.25) is 0 Å². The van der Waals surface area contributed by atoms with Gasteiger partial charge >= 0.3 is 0 Å². The van der Waals surface area contributed by atoms with Crippen molar-refractivity contribution < 1.29 is 4.79 Å². The van der Waals surface area contributed by atoms with Crippen LogP contribution in [0.15, 0.2) is 5.38 Å². The standard InChI is InChI=1S/C14H22N4OS2/c1-3-4-12(13(15)20)17-5-7-18(8-6-17)14(19)11-9-21-10(2)16-11/h9,12H,3-8H2,1-2H3,(H2,15,20). The smallest absolute Gasteiger partial charge is 0.273 e. The summed E-state index contributed by atoms with van der Waals surface area (Å²) in [6.45, 7) is 7.09. The predicted molar refractivity (Wildman–Crippen MR) is 89.8 cm³/mol. The van der Waals surface area contributed by atoms with Crippen LogP contribution in [0.5, 0.6) is 0 Å².